The Bertz CT molecular complexity index is 1970. The molecule has 2 atom stereocenters. The number of allylic oxidation sites excluding steroid dienone is 2. The minimum atomic E-state index is -5.02. The minimum absolute atomic E-state index is 0.0747. The van der Waals surface area contributed by atoms with Crippen molar-refractivity contribution in [1.29, 1.82) is 0 Å². The first kappa shape index (κ1) is 41.7. The van der Waals surface area contributed by atoms with E-state index in [0.29, 0.717) is 23.7 Å². The van der Waals surface area contributed by atoms with Crippen molar-refractivity contribution in [2.75, 3.05) is 0 Å². The Morgan fingerprint density at radius 2 is 0.870 bits per heavy atom. The number of halogens is 2. The van der Waals surface area contributed by atoms with Crippen LogP contribution in [0.15, 0.2) is 71.8 Å². The van der Waals surface area contributed by atoms with Gasteiger partial charge in [-0.1, -0.05) is 0 Å². The Morgan fingerprint density at radius 1 is 0.537 bits per heavy atom. The Labute approximate surface area is 337 Å². The zero-order chi connectivity index (χ0) is 39.6. The zero-order valence-electron chi connectivity index (χ0n) is 35.6. The third-order valence-electron chi connectivity index (χ3n) is 12.4. The molecule has 0 heterocycles. The van der Waals surface area contributed by atoms with Crippen molar-refractivity contribution in [3.63, 3.8) is 0 Å². The van der Waals surface area contributed by atoms with Gasteiger partial charge < -0.3 is 0 Å². The van der Waals surface area contributed by atoms with E-state index in [1.807, 2.05) is 0 Å². The van der Waals surface area contributed by atoms with Crippen LogP contribution in [0.25, 0.3) is 34.4 Å². The van der Waals surface area contributed by atoms with Crippen molar-refractivity contribution < 1.29 is 15.6 Å². The van der Waals surface area contributed by atoms with Crippen molar-refractivity contribution in [3.8, 4) is 22.3 Å². The van der Waals surface area contributed by atoms with Crippen LogP contribution in [0.3, 0.4) is 0 Å². The maximum absolute atomic E-state index is 9.01. The number of hydrogen-bond acceptors (Lipinski definition) is 0. The molecular formula is C50H65Cl2SiZr. The molecule has 0 spiro atoms. The maximum atomic E-state index is 9.01. The van der Waals surface area contributed by atoms with Gasteiger partial charge in [-0.3, -0.25) is 0 Å². The fourth-order valence-electron chi connectivity index (χ4n) is 10.3. The van der Waals surface area contributed by atoms with Crippen LogP contribution >= 0.6 is 17.0 Å². The monoisotopic (exact) mass is 853 g/mol. The van der Waals surface area contributed by atoms with Crippen LogP contribution in [-0.2, 0) is 15.6 Å². The summed E-state index contributed by atoms with van der Waals surface area (Å²) in [5.41, 5.74) is 22.0. The van der Waals surface area contributed by atoms with Crippen LogP contribution < -0.4 is 0 Å². The number of benzene rings is 4. The van der Waals surface area contributed by atoms with Crippen LogP contribution in [0.1, 0.15) is 143 Å². The molecule has 6 rings (SSSR count). The van der Waals surface area contributed by atoms with Gasteiger partial charge in [0, 0.05) is 0 Å². The summed E-state index contributed by atoms with van der Waals surface area (Å²) in [6.45, 7) is 32.7. The third-order valence-corrected chi connectivity index (χ3v) is 64.3. The number of rotatable bonds is 11. The molecular weight excluding hydrogens is 791 g/mol. The molecule has 2 unspecified atom stereocenters. The Morgan fingerprint density at radius 3 is 1.15 bits per heavy atom. The predicted molar refractivity (Wildman–Crippen MR) is 242 cm³/mol. The quantitative estimate of drug-likeness (QED) is 0.132. The molecule has 0 nitrogen and oxygen atoms in total. The Kier molecular flexibility index (Phi) is 11.9. The number of fused-ring (bicyclic) bond motifs is 2. The van der Waals surface area contributed by atoms with Gasteiger partial charge in [-0.2, -0.15) is 0 Å². The van der Waals surface area contributed by atoms with E-state index < -0.39 is 21.5 Å². The van der Waals surface area contributed by atoms with E-state index in [4.69, 9.17) is 17.0 Å². The van der Waals surface area contributed by atoms with E-state index >= 15 is 0 Å². The van der Waals surface area contributed by atoms with Crippen molar-refractivity contribution in [1.82, 2.24) is 0 Å². The second-order valence-corrected chi connectivity index (χ2v) is 61.5. The molecule has 0 N–H and O–H groups in total. The van der Waals surface area contributed by atoms with Gasteiger partial charge in [0.2, 0.25) is 0 Å². The summed E-state index contributed by atoms with van der Waals surface area (Å²) in [6.07, 6.45) is 7.18. The van der Waals surface area contributed by atoms with E-state index in [1.165, 1.54) is 89.0 Å². The van der Waals surface area contributed by atoms with Crippen molar-refractivity contribution in [2.24, 2.45) is 11.8 Å². The molecule has 0 aliphatic heterocycles. The fourth-order valence-corrected chi connectivity index (χ4v) is 41.7. The van der Waals surface area contributed by atoms with Crippen LogP contribution in [0.5, 0.6) is 0 Å². The van der Waals surface area contributed by atoms with E-state index in [9.17, 15) is 0 Å². The summed E-state index contributed by atoms with van der Waals surface area (Å²) in [7, 11) is 18.0. The average molecular weight is 856 g/mol. The standard InChI is InChI=1S/2C24H29.C2H7Si.2ClH.Zr/c2*1-15(2)9-19-13-20-7-8-22(16(3)4)24(23(20)14-19)21-11-17(5)10-18(6)12-21;1-3-2;;;/h2*7-8,10-16H,9H2,1-6H3;3H,1-2H3;2*1H;/q;;;;;+2/p-2. The molecule has 4 aromatic rings. The second kappa shape index (κ2) is 15.4. The normalized spacial score (nSPS) is 17.8. The Hall–Kier alpha value is -1.96. The summed E-state index contributed by atoms with van der Waals surface area (Å²) >= 11 is -5.02. The molecule has 2 aliphatic rings. The molecule has 2 aliphatic carbocycles. The van der Waals surface area contributed by atoms with Gasteiger partial charge >= 0.3 is 340 Å². The zero-order valence-corrected chi connectivity index (χ0v) is 40.8. The molecule has 0 radical (unpaired) electrons. The summed E-state index contributed by atoms with van der Waals surface area (Å²) in [5, 5.41) is 0. The number of aryl methyl sites for hydroxylation is 4. The van der Waals surface area contributed by atoms with Gasteiger partial charge in [-0.25, -0.2) is 0 Å². The number of hydrogen-bond donors (Lipinski definition) is 0. The first-order valence-corrected chi connectivity index (χ1v) is 37.0. The SMILES string of the molecule is Cc1cc(C)cc(-c2c(C(C)C)ccc3c2C=C(CC(C)C)[CH]3[Zr]([Cl])([Cl])([CH]2C(CC(C)C)=Cc3c2ccc(C(C)C)c3-c2cc(C)cc(C)c2)[SiH](C)C)c1. The summed E-state index contributed by atoms with van der Waals surface area (Å²) in [4.78, 5) is 0. The molecule has 0 fully saturated rings. The molecule has 4 heteroatoms. The van der Waals surface area contributed by atoms with Crippen molar-refractivity contribution >= 4 is 35.1 Å². The third kappa shape index (κ3) is 7.34. The van der Waals surface area contributed by atoms with Gasteiger partial charge in [0.25, 0.3) is 0 Å². The van der Waals surface area contributed by atoms with Crippen LogP contribution in [0.2, 0.25) is 13.1 Å². The van der Waals surface area contributed by atoms with Gasteiger partial charge in [-0.05, 0) is 0 Å². The average Bonchev–Trinajstić information content (AvgIpc) is 3.60. The van der Waals surface area contributed by atoms with E-state index in [-0.39, 0.29) is 7.25 Å². The van der Waals surface area contributed by atoms with E-state index in [1.54, 1.807) is 0 Å². The molecule has 0 bridgehead atoms. The van der Waals surface area contributed by atoms with E-state index in [0.717, 1.165) is 12.8 Å². The summed E-state index contributed by atoms with van der Waals surface area (Å²) < 4.78 is 0.149. The van der Waals surface area contributed by atoms with Crippen molar-refractivity contribution in [3.05, 3.63) is 127 Å². The molecule has 0 saturated heterocycles. The van der Waals surface area contributed by atoms with Gasteiger partial charge in [-0.15, -0.1) is 0 Å². The molecule has 54 heavy (non-hydrogen) atoms. The van der Waals surface area contributed by atoms with Gasteiger partial charge in [0.1, 0.15) is 0 Å². The molecule has 0 amide bonds. The topological polar surface area (TPSA) is 0 Å². The molecule has 287 valence electrons. The summed E-state index contributed by atoms with van der Waals surface area (Å²) in [5.74, 6) is 0.0482. The second-order valence-electron chi connectivity index (χ2n) is 19.0. The van der Waals surface area contributed by atoms with E-state index in [2.05, 4.69) is 169 Å². The van der Waals surface area contributed by atoms with Crippen LogP contribution in [-0.4, -0.2) is 5.92 Å². The first-order valence-electron chi connectivity index (χ1n) is 20.7. The van der Waals surface area contributed by atoms with Crippen molar-refractivity contribution in [2.45, 2.75) is 128 Å². The van der Waals surface area contributed by atoms with Gasteiger partial charge in [0.05, 0.1) is 0 Å². The first-order chi connectivity index (χ1) is 25.2. The molecule has 0 saturated carbocycles. The summed E-state index contributed by atoms with van der Waals surface area (Å²) in [6, 6.07) is 23.9. The molecule has 0 aromatic heterocycles. The fraction of sp³-hybridized carbons (Fsp3) is 0.440. The van der Waals surface area contributed by atoms with Crippen LogP contribution in [0, 0.1) is 39.5 Å². The van der Waals surface area contributed by atoms with Gasteiger partial charge in [0.15, 0.2) is 0 Å². The molecule has 4 aromatic carbocycles. The Balaban J connectivity index is 1.70. The predicted octanol–water partition coefficient (Wildman–Crippen LogP) is 16.2. The van der Waals surface area contributed by atoms with Crippen LogP contribution in [0.4, 0.5) is 0 Å².